The van der Waals surface area contributed by atoms with Crippen LogP contribution in [-0.4, -0.2) is 14.4 Å². The minimum Gasteiger partial charge on any atom is -0.548 e. The molecule has 0 unspecified atom stereocenters. The molecule has 5 nitrogen and oxygen atoms in total. The van der Waals surface area contributed by atoms with Gasteiger partial charge in [-0.3, -0.25) is 0 Å². The summed E-state index contributed by atoms with van der Waals surface area (Å²) in [6.45, 7) is 0. The normalized spacial score (nSPS) is 12.8. The molecule has 0 bridgehead atoms. The van der Waals surface area contributed by atoms with Gasteiger partial charge in [-0.05, 0) is 29.8 Å². The van der Waals surface area contributed by atoms with E-state index in [1.165, 1.54) is 36.4 Å². The van der Waals surface area contributed by atoms with E-state index in [1.807, 2.05) is 0 Å². The van der Waals surface area contributed by atoms with Crippen LogP contribution in [0, 0.1) is 0 Å². The molecule has 2 rings (SSSR count). The van der Waals surface area contributed by atoms with Gasteiger partial charge in [-0.25, -0.2) is 8.42 Å². The number of aliphatic carboxylic acids is 1. The van der Waals surface area contributed by atoms with E-state index in [0.29, 0.717) is 5.02 Å². The first-order valence-electron chi connectivity index (χ1n) is 5.94. The van der Waals surface area contributed by atoms with Crippen LogP contribution >= 0.6 is 11.6 Å². The Morgan fingerprint density at radius 2 is 1.62 bits per heavy atom. The topological polar surface area (TPSA) is 86.3 Å². The highest BCUT2D eigenvalue weighted by molar-refractivity contribution is 7.89. The second-order valence-corrected chi connectivity index (χ2v) is 6.39. The van der Waals surface area contributed by atoms with Crippen LogP contribution < -0.4 is 9.83 Å². The van der Waals surface area contributed by atoms with Crippen molar-refractivity contribution in [2.45, 2.75) is 10.9 Å². The van der Waals surface area contributed by atoms with Gasteiger partial charge in [-0.15, -0.1) is 0 Å². The van der Waals surface area contributed by atoms with Crippen LogP contribution in [0.4, 0.5) is 0 Å². The molecule has 0 aliphatic heterocycles. The van der Waals surface area contributed by atoms with Crippen LogP contribution in [0.1, 0.15) is 11.6 Å². The van der Waals surface area contributed by atoms with Crippen molar-refractivity contribution >= 4 is 27.6 Å². The van der Waals surface area contributed by atoms with E-state index in [0.717, 1.165) is 0 Å². The van der Waals surface area contributed by atoms with Crippen molar-refractivity contribution in [1.29, 1.82) is 0 Å². The van der Waals surface area contributed by atoms with Gasteiger partial charge in [0.1, 0.15) is 0 Å². The van der Waals surface area contributed by atoms with Crippen LogP contribution in [0.3, 0.4) is 0 Å². The van der Waals surface area contributed by atoms with Gasteiger partial charge in [-0.2, -0.15) is 4.72 Å². The largest absolute Gasteiger partial charge is 0.548 e. The first kappa shape index (κ1) is 15.5. The fourth-order valence-corrected chi connectivity index (χ4v) is 3.03. The van der Waals surface area contributed by atoms with E-state index < -0.39 is 22.0 Å². The second kappa shape index (κ2) is 6.26. The fourth-order valence-electron chi connectivity index (χ4n) is 1.73. The zero-order valence-electron chi connectivity index (χ0n) is 10.7. The Bertz CT molecular complexity index is 729. The lowest BCUT2D eigenvalue weighted by Crippen LogP contribution is -2.41. The zero-order chi connectivity index (χ0) is 15.5. The third kappa shape index (κ3) is 3.81. The molecule has 0 spiro atoms. The first-order valence-corrected chi connectivity index (χ1v) is 7.80. The summed E-state index contributed by atoms with van der Waals surface area (Å²) in [7, 11) is -4.00. The van der Waals surface area contributed by atoms with E-state index in [9.17, 15) is 18.3 Å². The number of carboxylic acids is 1. The van der Waals surface area contributed by atoms with Crippen LogP contribution in [0.25, 0.3) is 0 Å². The summed E-state index contributed by atoms with van der Waals surface area (Å²) in [5.41, 5.74) is 0.287. The van der Waals surface area contributed by atoms with Gasteiger partial charge in [0.25, 0.3) is 0 Å². The lowest BCUT2D eigenvalue weighted by Gasteiger charge is -2.20. The van der Waals surface area contributed by atoms with Crippen molar-refractivity contribution < 1.29 is 18.3 Å². The number of rotatable bonds is 5. The van der Waals surface area contributed by atoms with E-state index in [2.05, 4.69) is 4.72 Å². The molecule has 2 aromatic rings. The third-order valence-corrected chi connectivity index (χ3v) is 4.46. The molecule has 7 heteroatoms. The lowest BCUT2D eigenvalue weighted by molar-refractivity contribution is -0.308. The van der Waals surface area contributed by atoms with Gasteiger partial charge in [0.2, 0.25) is 10.0 Å². The quantitative estimate of drug-likeness (QED) is 0.892. The van der Waals surface area contributed by atoms with Gasteiger partial charge >= 0.3 is 0 Å². The zero-order valence-corrected chi connectivity index (χ0v) is 12.3. The smallest absolute Gasteiger partial charge is 0.241 e. The molecule has 0 fully saturated rings. The summed E-state index contributed by atoms with van der Waals surface area (Å²) >= 11 is 5.69. The Hall–Kier alpha value is -1.89. The average Bonchev–Trinajstić information content (AvgIpc) is 2.46. The first-order chi connectivity index (χ1) is 9.90. The number of carboxylic acid groups (broad SMARTS) is 1. The van der Waals surface area contributed by atoms with Crippen LogP contribution in [0.5, 0.6) is 0 Å². The molecule has 0 aromatic heterocycles. The maximum atomic E-state index is 12.2. The van der Waals surface area contributed by atoms with Crippen molar-refractivity contribution in [3.05, 3.63) is 65.2 Å². The Balaban J connectivity index is 2.32. The van der Waals surface area contributed by atoms with E-state index in [-0.39, 0.29) is 10.5 Å². The fraction of sp³-hybridized carbons (Fsp3) is 0.0714. The number of carbonyl (C=O) groups is 1. The van der Waals surface area contributed by atoms with Crippen molar-refractivity contribution in [3.63, 3.8) is 0 Å². The van der Waals surface area contributed by atoms with Crippen LogP contribution in [0.15, 0.2) is 59.5 Å². The maximum absolute atomic E-state index is 12.2. The Morgan fingerprint density at radius 3 is 2.14 bits per heavy atom. The molecule has 0 aliphatic rings. The second-order valence-electron chi connectivity index (χ2n) is 4.24. The van der Waals surface area contributed by atoms with Gasteiger partial charge in [-0.1, -0.05) is 41.9 Å². The number of hydrogen-bond acceptors (Lipinski definition) is 4. The minimum absolute atomic E-state index is 0.0749. The standard InChI is InChI=1S/C14H12ClNO4S/c15-11-6-8-12(9-7-11)21(19,20)16-13(14(17)18)10-4-2-1-3-5-10/h1-9,13,16H,(H,17,18)/p-1/t13-/m0/s1. The highest BCUT2D eigenvalue weighted by Gasteiger charge is 2.22. The van der Waals surface area contributed by atoms with Gasteiger partial charge < -0.3 is 9.90 Å². The van der Waals surface area contributed by atoms with Gasteiger partial charge in [0.05, 0.1) is 16.9 Å². The molecule has 0 aliphatic carbocycles. The molecule has 0 heterocycles. The molecule has 0 radical (unpaired) electrons. The highest BCUT2D eigenvalue weighted by atomic mass is 35.5. The molecule has 110 valence electrons. The van der Waals surface area contributed by atoms with Gasteiger partial charge in [0.15, 0.2) is 0 Å². The number of nitrogens with one attached hydrogen (secondary N) is 1. The molecule has 0 saturated heterocycles. The number of carbonyl (C=O) groups excluding carboxylic acids is 1. The molecule has 2 aromatic carbocycles. The molecule has 21 heavy (non-hydrogen) atoms. The Labute approximate surface area is 127 Å². The summed E-state index contributed by atoms with van der Waals surface area (Å²) in [6.07, 6.45) is 0. The summed E-state index contributed by atoms with van der Waals surface area (Å²) < 4.78 is 26.5. The van der Waals surface area contributed by atoms with Crippen molar-refractivity contribution in [1.82, 2.24) is 4.72 Å². The predicted molar refractivity (Wildman–Crippen MR) is 76.0 cm³/mol. The lowest BCUT2D eigenvalue weighted by atomic mass is 10.1. The molecule has 0 saturated carbocycles. The Kier molecular flexibility index (Phi) is 4.62. The predicted octanol–water partition coefficient (Wildman–Crippen LogP) is 1.11. The number of benzene rings is 2. The van der Waals surface area contributed by atoms with E-state index >= 15 is 0 Å². The number of hydrogen-bond donors (Lipinski definition) is 1. The summed E-state index contributed by atoms with van der Waals surface area (Å²) in [6, 6.07) is 11.9. The summed E-state index contributed by atoms with van der Waals surface area (Å²) in [5.74, 6) is -1.53. The van der Waals surface area contributed by atoms with Gasteiger partial charge in [0, 0.05) is 5.02 Å². The van der Waals surface area contributed by atoms with Crippen molar-refractivity contribution in [3.8, 4) is 0 Å². The molecule has 1 N–H and O–H groups in total. The Morgan fingerprint density at radius 1 is 1.05 bits per heavy atom. The molecular formula is C14H11ClNO4S-. The summed E-state index contributed by atoms with van der Waals surface area (Å²) in [4.78, 5) is 11.1. The number of sulfonamides is 1. The van der Waals surface area contributed by atoms with E-state index in [1.54, 1.807) is 18.2 Å². The van der Waals surface area contributed by atoms with Crippen LogP contribution in [-0.2, 0) is 14.8 Å². The summed E-state index contributed by atoms with van der Waals surface area (Å²) in [5, 5.41) is 11.6. The monoisotopic (exact) mass is 324 g/mol. The average molecular weight is 325 g/mol. The minimum atomic E-state index is -4.00. The molecule has 0 amide bonds. The maximum Gasteiger partial charge on any atom is 0.241 e. The van der Waals surface area contributed by atoms with Crippen molar-refractivity contribution in [2.75, 3.05) is 0 Å². The highest BCUT2D eigenvalue weighted by Crippen LogP contribution is 2.18. The molecule has 1 atom stereocenters. The van der Waals surface area contributed by atoms with E-state index in [4.69, 9.17) is 11.6 Å². The van der Waals surface area contributed by atoms with Crippen LogP contribution in [0.2, 0.25) is 5.02 Å². The SMILES string of the molecule is O=C([O-])[C@@H](NS(=O)(=O)c1ccc(Cl)cc1)c1ccccc1. The van der Waals surface area contributed by atoms with Crippen molar-refractivity contribution in [2.24, 2.45) is 0 Å². The number of halogens is 1. The molecular weight excluding hydrogens is 314 g/mol. The third-order valence-electron chi connectivity index (χ3n) is 2.77.